The van der Waals surface area contributed by atoms with Gasteiger partial charge in [0.25, 0.3) is 0 Å². The Bertz CT molecular complexity index is 301. The van der Waals surface area contributed by atoms with Gasteiger partial charge in [0, 0.05) is 6.54 Å². The zero-order valence-corrected chi connectivity index (χ0v) is 9.76. The van der Waals surface area contributed by atoms with E-state index >= 15 is 0 Å². The van der Waals surface area contributed by atoms with Crippen LogP contribution in [-0.2, 0) is 0 Å². The minimum Gasteiger partial charge on any atom is -0.494 e. The highest BCUT2D eigenvalue weighted by atomic mass is 16.5. The first kappa shape index (κ1) is 13.0. The van der Waals surface area contributed by atoms with E-state index in [1.165, 1.54) is 0 Å². The van der Waals surface area contributed by atoms with E-state index in [1.54, 1.807) is 24.3 Å². The number of rotatable bonds is 6. The summed E-state index contributed by atoms with van der Waals surface area (Å²) >= 11 is 0. The minimum atomic E-state index is -1.41. The number of nitrogens with zero attached hydrogens (tertiary/aromatic N) is 1. The summed E-state index contributed by atoms with van der Waals surface area (Å²) in [6.45, 7) is 1.66. The largest absolute Gasteiger partial charge is 0.494 e. The summed E-state index contributed by atoms with van der Waals surface area (Å²) in [6, 6.07) is 6.77. The highest BCUT2D eigenvalue weighted by Gasteiger charge is 2.09. The van der Waals surface area contributed by atoms with Gasteiger partial charge in [0.05, 0.1) is 6.61 Å². The lowest BCUT2D eigenvalue weighted by Crippen LogP contribution is -2.29. The number of hydrogen-bond acceptors (Lipinski definition) is 4. The van der Waals surface area contributed by atoms with Gasteiger partial charge in [0.15, 0.2) is 0 Å². The number of hydrogen-bond donors (Lipinski definition) is 2. The molecule has 0 saturated heterocycles. The molecule has 0 bridgehead atoms. The molecule has 0 spiro atoms. The van der Waals surface area contributed by atoms with Crippen LogP contribution < -0.4 is 10.2 Å². The van der Waals surface area contributed by atoms with Crippen molar-refractivity contribution in [3.8, 4) is 5.75 Å². The fourth-order valence-corrected chi connectivity index (χ4v) is 1.31. The Morgan fingerprint density at radius 1 is 1.19 bits per heavy atom. The van der Waals surface area contributed by atoms with E-state index in [-0.39, 0.29) is 0 Å². The SMILES string of the molecule is CN(C)CCCOc1ccc(B(O)O)cc1. The van der Waals surface area contributed by atoms with Crippen molar-refractivity contribution in [2.24, 2.45) is 0 Å². The van der Waals surface area contributed by atoms with E-state index in [9.17, 15) is 0 Å². The molecule has 1 aromatic rings. The van der Waals surface area contributed by atoms with Gasteiger partial charge >= 0.3 is 7.12 Å². The quantitative estimate of drug-likeness (QED) is 0.513. The summed E-state index contributed by atoms with van der Waals surface area (Å²) in [5.74, 6) is 0.753. The maximum absolute atomic E-state index is 8.90. The van der Waals surface area contributed by atoms with E-state index in [0.717, 1.165) is 18.7 Å². The van der Waals surface area contributed by atoms with E-state index in [1.807, 2.05) is 14.1 Å². The molecule has 16 heavy (non-hydrogen) atoms. The van der Waals surface area contributed by atoms with Crippen LogP contribution in [0.5, 0.6) is 5.75 Å². The molecule has 1 rings (SSSR count). The first-order valence-corrected chi connectivity index (χ1v) is 5.33. The molecule has 0 unspecified atom stereocenters. The molecule has 0 aliphatic heterocycles. The van der Waals surface area contributed by atoms with Crippen LogP contribution in [0, 0.1) is 0 Å². The summed E-state index contributed by atoms with van der Waals surface area (Å²) in [6.07, 6.45) is 0.970. The second kappa shape index (κ2) is 6.53. The second-order valence-corrected chi connectivity index (χ2v) is 3.95. The van der Waals surface area contributed by atoms with E-state index in [0.29, 0.717) is 12.1 Å². The average Bonchev–Trinajstić information content (AvgIpc) is 2.25. The van der Waals surface area contributed by atoms with Gasteiger partial charge in [-0.1, -0.05) is 12.1 Å². The molecule has 2 N–H and O–H groups in total. The summed E-state index contributed by atoms with van der Waals surface area (Å²) < 4.78 is 5.50. The van der Waals surface area contributed by atoms with E-state index in [4.69, 9.17) is 14.8 Å². The fourth-order valence-electron chi connectivity index (χ4n) is 1.31. The Labute approximate surface area is 96.6 Å². The molecule has 0 saturated carbocycles. The third-order valence-corrected chi connectivity index (χ3v) is 2.20. The van der Waals surface area contributed by atoms with Crippen LogP contribution in [0.1, 0.15) is 6.42 Å². The maximum Gasteiger partial charge on any atom is 0.488 e. The van der Waals surface area contributed by atoms with E-state index in [2.05, 4.69) is 4.90 Å². The molecular formula is C11H18BNO3. The van der Waals surface area contributed by atoms with Crippen LogP contribution in [0.4, 0.5) is 0 Å². The van der Waals surface area contributed by atoms with Gasteiger partial charge in [-0.3, -0.25) is 0 Å². The molecular weight excluding hydrogens is 205 g/mol. The molecule has 0 aliphatic carbocycles. The predicted octanol–water partition coefficient (Wildman–Crippen LogP) is -0.303. The maximum atomic E-state index is 8.90. The molecule has 0 atom stereocenters. The molecule has 0 aromatic heterocycles. The third kappa shape index (κ3) is 4.66. The van der Waals surface area contributed by atoms with Gasteiger partial charge in [0.2, 0.25) is 0 Å². The molecule has 88 valence electrons. The topological polar surface area (TPSA) is 52.9 Å². The van der Waals surface area contributed by atoms with Crippen molar-refractivity contribution in [2.75, 3.05) is 27.2 Å². The number of benzene rings is 1. The van der Waals surface area contributed by atoms with E-state index < -0.39 is 7.12 Å². The highest BCUT2D eigenvalue weighted by Crippen LogP contribution is 2.07. The van der Waals surface area contributed by atoms with Gasteiger partial charge < -0.3 is 19.7 Å². The Morgan fingerprint density at radius 2 is 1.81 bits per heavy atom. The van der Waals surface area contributed by atoms with Gasteiger partial charge in [-0.15, -0.1) is 0 Å². The lowest BCUT2D eigenvalue weighted by molar-refractivity contribution is 0.281. The van der Waals surface area contributed by atoms with Crippen molar-refractivity contribution < 1.29 is 14.8 Å². The van der Waals surface area contributed by atoms with Gasteiger partial charge in [-0.25, -0.2) is 0 Å². The normalized spacial score (nSPS) is 10.6. The second-order valence-electron chi connectivity index (χ2n) is 3.95. The fraction of sp³-hybridized carbons (Fsp3) is 0.455. The van der Waals surface area contributed by atoms with Crippen molar-refractivity contribution in [1.82, 2.24) is 4.90 Å². The van der Waals surface area contributed by atoms with Crippen molar-refractivity contribution >= 4 is 12.6 Å². The summed E-state index contributed by atoms with van der Waals surface area (Å²) in [5, 5.41) is 17.8. The van der Waals surface area contributed by atoms with Crippen LogP contribution >= 0.6 is 0 Å². The first-order valence-electron chi connectivity index (χ1n) is 5.33. The van der Waals surface area contributed by atoms with Crippen LogP contribution in [0.2, 0.25) is 0 Å². The Morgan fingerprint density at radius 3 is 2.31 bits per heavy atom. The van der Waals surface area contributed by atoms with Crippen molar-refractivity contribution in [1.29, 1.82) is 0 Å². The molecule has 0 heterocycles. The Balaban J connectivity index is 2.32. The zero-order valence-electron chi connectivity index (χ0n) is 9.76. The molecule has 5 heteroatoms. The predicted molar refractivity (Wildman–Crippen MR) is 64.9 cm³/mol. The smallest absolute Gasteiger partial charge is 0.488 e. The van der Waals surface area contributed by atoms with Gasteiger partial charge in [-0.05, 0) is 38.1 Å². The highest BCUT2D eigenvalue weighted by molar-refractivity contribution is 6.58. The zero-order chi connectivity index (χ0) is 12.0. The Kier molecular flexibility index (Phi) is 5.32. The number of ether oxygens (including phenoxy) is 1. The van der Waals surface area contributed by atoms with Crippen LogP contribution in [-0.4, -0.2) is 49.3 Å². The first-order chi connectivity index (χ1) is 7.59. The third-order valence-electron chi connectivity index (χ3n) is 2.20. The monoisotopic (exact) mass is 223 g/mol. The lowest BCUT2D eigenvalue weighted by atomic mass is 9.80. The van der Waals surface area contributed by atoms with Crippen molar-refractivity contribution in [3.05, 3.63) is 24.3 Å². The molecule has 0 fully saturated rings. The van der Waals surface area contributed by atoms with Gasteiger partial charge in [-0.2, -0.15) is 0 Å². The average molecular weight is 223 g/mol. The molecule has 4 nitrogen and oxygen atoms in total. The molecule has 1 aromatic carbocycles. The molecule has 0 radical (unpaired) electrons. The standard InChI is InChI=1S/C11H18BNO3/c1-13(2)8-3-9-16-11-6-4-10(5-7-11)12(14)15/h4-7,14-15H,3,8-9H2,1-2H3. The summed E-state index contributed by atoms with van der Waals surface area (Å²) in [5.41, 5.74) is 0.473. The van der Waals surface area contributed by atoms with Crippen molar-refractivity contribution in [2.45, 2.75) is 6.42 Å². The van der Waals surface area contributed by atoms with Crippen molar-refractivity contribution in [3.63, 3.8) is 0 Å². The van der Waals surface area contributed by atoms with Crippen LogP contribution in [0.3, 0.4) is 0 Å². The lowest BCUT2D eigenvalue weighted by Gasteiger charge is -2.10. The molecule has 0 aliphatic rings. The minimum absolute atomic E-state index is 0.473. The van der Waals surface area contributed by atoms with Crippen LogP contribution in [0.15, 0.2) is 24.3 Å². The van der Waals surface area contributed by atoms with Crippen LogP contribution in [0.25, 0.3) is 0 Å². The summed E-state index contributed by atoms with van der Waals surface area (Å²) in [4.78, 5) is 2.11. The Hall–Kier alpha value is -1.04. The molecule has 0 amide bonds. The summed E-state index contributed by atoms with van der Waals surface area (Å²) in [7, 11) is 2.64. The van der Waals surface area contributed by atoms with Gasteiger partial charge in [0.1, 0.15) is 5.75 Å².